The molecule has 1 saturated heterocycles. The standard InChI is InChI=1S/C23H24ClN3O2S/c1-29-21-4-2-3-17(13-21)14-22(28)27-11-9-26(10-12-27)15-20-16-30-23(25-20)18-5-7-19(24)8-6-18/h2-8,13,16H,9-12,14-15H2,1H3. The van der Waals surface area contributed by atoms with E-state index in [9.17, 15) is 4.79 Å². The molecule has 0 aliphatic carbocycles. The summed E-state index contributed by atoms with van der Waals surface area (Å²) in [5, 5.41) is 3.85. The number of amides is 1. The van der Waals surface area contributed by atoms with Crippen LogP contribution in [0.25, 0.3) is 10.6 Å². The third kappa shape index (κ3) is 5.19. The van der Waals surface area contributed by atoms with Crippen LogP contribution < -0.4 is 4.74 Å². The average molecular weight is 442 g/mol. The maximum atomic E-state index is 12.7. The number of hydrogen-bond donors (Lipinski definition) is 0. The van der Waals surface area contributed by atoms with Gasteiger partial charge in [0.05, 0.1) is 19.2 Å². The molecule has 2 heterocycles. The average Bonchev–Trinajstić information content (AvgIpc) is 3.23. The number of carbonyl (C=O) groups is 1. The van der Waals surface area contributed by atoms with Crippen LogP contribution in [0.15, 0.2) is 53.9 Å². The second kappa shape index (κ2) is 9.60. The van der Waals surface area contributed by atoms with Gasteiger partial charge in [0.25, 0.3) is 0 Å². The largest absolute Gasteiger partial charge is 0.497 e. The number of halogens is 1. The number of ether oxygens (including phenoxy) is 1. The van der Waals surface area contributed by atoms with Crippen molar-refractivity contribution in [3.8, 4) is 16.3 Å². The first-order valence-corrected chi connectivity index (χ1v) is 11.2. The van der Waals surface area contributed by atoms with Crippen LogP contribution in [0.2, 0.25) is 5.02 Å². The van der Waals surface area contributed by atoms with Crippen molar-refractivity contribution in [3.63, 3.8) is 0 Å². The van der Waals surface area contributed by atoms with Crippen molar-refractivity contribution in [1.29, 1.82) is 0 Å². The normalized spacial score (nSPS) is 14.7. The molecule has 0 unspecified atom stereocenters. The zero-order valence-corrected chi connectivity index (χ0v) is 18.5. The van der Waals surface area contributed by atoms with Crippen molar-refractivity contribution in [1.82, 2.24) is 14.8 Å². The van der Waals surface area contributed by atoms with Gasteiger partial charge < -0.3 is 9.64 Å². The lowest BCUT2D eigenvalue weighted by Gasteiger charge is -2.34. The summed E-state index contributed by atoms with van der Waals surface area (Å²) in [6, 6.07) is 15.5. The van der Waals surface area contributed by atoms with E-state index < -0.39 is 0 Å². The minimum atomic E-state index is 0.168. The molecule has 1 aliphatic rings. The number of rotatable bonds is 6. The molecule has 4 rings (SSSR count). The van der Waals surface area contributed by atoms with E-state index in [0.29, 0.717) is 6.42 Å². The monoisotopic (exact) mass is 441 g/mol. The Morgan fingerprint density at radius 1 is 1.13 bits per heavy atom. The van der Waals surface area contributed by atoms with E-state index >= 15 is 0 Å². The SMILES string of the molecule is COc1cccc(CC(=O)N2CCN(Cc3csc(-c4ccc(Cl)cc4)n3)CC2)c1. The second-order valence-corrected chi connectivity index (χ2v) is 8.63. The van der Waals surface area contributed by atoms with Gasteiger partial charge in [0.2, 0.25) is 5.91 Å². The highest BCUT2D eigenvalue weighted by Gasteiger charge is 2.22. The number of nitrogens with zero attached hydrogens (tertiary/aromatic N) is 3. The summed E-state index contributed by atoms with van der Waals surface area (Å²) in [6.45, 7) is 4.02. The van der Waals surface area contributed by atoms with Crippen molar-refractivity contribution in [2.45, 2.75) is 13.0 Å². The van der Waals surface area contributed by atoms with Gasteiger partial charge in [-0.05, 0) is 29.8 Å². The summed E-state index contributed by atoms with van der Waals surface area (Å²) in [6.07, 6.45) is 0.410. The number of benzene rings is 2. The number of thiazole rings is 1. The first-order valence-electron chi connectivity index (χ1n) is 9.94. The van der Waals surface area contributed by atoms with Crippen LogP contribution in [-0.2, 0) is 17.8 Å². The molecule has 1 amide bonds. The van der Waals surface area contributed by atoms with E-state index in [0.717, 1.165) is 65.3 Å². The molecule has 1 fully saturated rings. The van der Waals surface area contributed by atoms with Crippen molar-refractivity contribution in [3.05, 3.63) is 70.2 Å². The third-order valence-corrected chi connectivity index (χ3v) is 6.44. The molecule has 0 spiro atoms. The Morgan fingerprint density at radius 2 is 1.90 bits per heavy atom. The summed E-state index contributed by atoms with van der Waals surface area (Å²) in [4.78, 5) is 21.7. The van der Waals surface area contributed by atoms with E-state index in [4.69, 9.17) is 21.3 Å². The van der Waals surface area contributed by atoms with E-state index in [1.165, 1.54) is 0 Å². The summed E-state index contributed by atoms with van der Waals surface area (Å²) in [5.41, 5.74) is 3.14. The van der Waals surface area contributed by atoms with E-state index in [1.807, 2.05) is 53.4 Å². The van der Waals surface area contributed by atoms with Crippen molar-refractivity contribution < 1.29 is 9.53 Å². The van der Waals surface area contributed by atoms with Crippen LogP contribution in [0.1, 0.15) is 11.3 Å². The van der Waals surface area contributed by atoms with Gasteiger partial charge in [-0.15, -0.1) is 11.3 Å². The predicted molar refractivity (Wildman–Crippen MR) is 121 cm³/mol. The van der Waals surface area contributed by atoms with Gasteiger partial charge in [-0.3, -0.25) is 9.69 Å². The lowest BCUT2D eigenvalue weighted by Crippen LogP contribution is -2.48. The molecule has 0 atom stereocenters. The summed E-state index contributed by atoms with van der Waals surface area (Å²) in [5.74, 6) is 0.952. The molecular formula is C23H24ClN3O2S. The fraction of sp³-hybridized carbons (Fsp3) is 0.304. The highest BCUT2D eigenvalue weighted by molar-refractivity contribution is 7.13. The fourth-order valence-electron chi connectivity index (χ4n) is 3.56. The Bertz CT molecular complexity index is 998. The lowest BCUT2D eigenvalue weighted by molar-refractivity contribution is -0.132. The van der Waals surface area contributed by atoms with Crippen LogP contribution >= 0.6 is 22.9 Å². The lowest BCUT2D eigenvalue weighted by atomic mass is 10.1. The first-order chi connectivity index (χ1) is 14.6. The van der Waals surface area contributed by atoms with Gasteiger partial charge in [-0.2, -0.15) is 0 Å². The minimum absolute atomic E-state index is 0.168. The Kier molecular flexibility index (Phi) is 6.67. The Morgan fingerprint density at radius 3 is 2.63 bits per heavy atom. The van der Waals surface area contributed by atoms with Gasteiger partial charge in [0.15, 0.2) is 0 Å². The van der Waals surface area contributed by atoms with Crippen LogP contribution in [0.4, 0.5) is 0 Å². The molecule has 156 valence electrons. The van der Waals surface area contributed by atoms with Crippen LogP contribution in [0, 0.1) is 0 Å². The van der Waals surface area contributed by atoms with Gasteiger partial charge >= 0.3 is 0 Å². The van der Waals surface area contributed by atoms with Crippen molar-refractivity contribution >= 4 is 28.8 Å². The summed E-state index contributed by atoms with van der Waals surface area (Å²) >= 11 is 7.62. The Balaban J connectivity index is 1.28. The molecule has 0 N–H and O–H groups in total. The number of carbonyl (C=O) groups excluding carboxylic acids is 1. The topological polar surface area (TPSA) is 45.7 Å². The first kappa shape index (κ1) is 20.8. The number of aromatic nitrogens is 1. The number of methoxy groups -OCH3 is 1. The fourth-order valence-corrected chi connectivity index (χ4v) is 4.50. The summed E-state index contributed by atoms with van der Waals surface area (Å²) in [7, 11) is 1.64. The maximum Gasteiger partial charge on any atom is 0.227 e. The van der Waals surface area contributed by atoms with Crippen molar-refractivity contribution in [2.75, 3.05) is 33.3 Å². The van der Waals surface area contributed by atoms with Crippen LogP contribution in [0.3, 0.4) is 0 Å². The maximum absolute atomic E-state index is 12.7. The van der Waals surface area contributed by atoms with Gasteiger partial charge in [-0.1, -0.05) is 35.9 Å². The van der Waals surface area contributed by atoms with Gasteiger partial charge in [0.1, 0.15) is 10.8 Å². The molecule has 30 heavy (non-hydrogen) atoms. The smallest absolute Gasteiger partial charge is 0.227 e. The predicted octanol–water partition coefficient (Wildman–Crippen LogP) is 4.36. The van der Waals surface area contributed by atoms with E-state index in [2.05, 4.69) is 10.3 Å². The summed E-state index contributed by atoms with van der Waals surface area (Å²) < 4.78 is 5.25. The zero-order chi connectivity index (χ0) is 20.9. The molecule has 7 heteroatoms. The quantitative estimate of drug-likeness (QED) is 0.570. The zero-order valence-electron chi connectivity index (χ0n) is 16.9. The molecule has 1 aromatic heterocycles. The minimum Gasteiger partial charge on any atom is -0.497 e. The number of piperazine rings is 1. The second-order valence-electron chi connectivity index (χ2n) is 7.34. The highest BCUT2D eigenvalue weighted by Crippen LogP contribution is 2.25. The molecule has 3 aromatic rings. The Labute approximate surface area is 185 Å². The molecule has 0 saturated carbocycles. The highest BCUT2D eigenvalue weighted by atomic mass is 35.5. The molecule has 0 radical (unpaired) electrons. The van der Waals surface area contributed by atoms with E-state index in [1.54, 1.807) is 18.4 Å². The van der Waals surface area contributed by atoms with E-state index in [-0.39, 0.29) is 5.91 Å². The number of hydrogen-bond acceptors (Lipinski definition) is 5. The molecule has 5 nitrogen and oxygen atoms in total. The molecule has 0 bridgehead atoms. The molecule has 2 aromatic carbocycles. The van der Waals surface area contributed by atoms with Crippen LogP contribution in [-0.4, -0.2) is 54.0 Å². The van der Waals surface area contributed by atoms with Crippen LogP contribution in [0.5, 0.6) is 5.75 Å². The van der Waals surface area contributed by atoms with Gasteiger partial charge in [-0.25, -0.2) is 4.98 Å². The molecular weight excluding hydrogens is 418 g/mol. The van der Waals surface area contributed by atoms with Gasteiger partial charge in [0, 0.05) is 48.7 Å². The third-order valence-electron chi connectivity index (χ3n) is 5.24. The molecule has 1 aliphatic heterocycles. The Hall–Kier alpha value is -2.41. The van der Waals surface area contributed by atoms with Crippen molar-refractivity contribution in [2.24, 2.45) is 0 Å².